The van der Waals surface area contributed by atoms with Crippen molar-refractivity contribution < 1.29 is 4.79 Å². The molecule has 1 heterocycles. The summed E-state index contributed by atoms with van der Waals surface area (Å²) < 4.78 is 0. The van der Waals surface area contributed by atoms with Crippen LogP contribution in [-0.2, 0) is 4.79 Å². The molecule has 2 rings (SSSR count). The Morgan fingerprint density at radius 1 is 1.17 bits per heavy atom. The third-order valence-electron chi connectivity index (χ3n) is 4.61. The van der Waals surface area contributed by atoms with E-state index in [1.807, 2.05) is 0 Å². The topological polar surface area (TPSA) is 32.3 Å². The molecule has 1 saturated carbocycles. The Labute approximate surface area is 111 Å². The first-order valence-corrected chi connectivity index (χ1v) is 7.77. The van der Waals surface area contributed by atoms with Gasteiger partial charge >= 0.3 is 0 Å². The van der Waals surface area contributed by atoms with Crippen LogP contribution in [0.15, 0.2) is 0 Å². The van der Waals surface area contributed by atoms with Gasteiger partial charge < -0.3 is 10.2 Å². The number of amides is 1. The van der Waals surface area contributed by atoms with Gasteiger partial charge in [0.25, 0.3) is 0 Å². The highest BCUT2D eigenvalue weighted by atomic mass is 16.2. The van der Waals surface area contributed by atoms with Gasteiger partial charge in [-0.2, -0.15) is 0 Å². The second kappa shape index (κ2) is 7.13. The molecule has 0 bridgehead atoms. The summed E-state index contributed by atoms with van der Waals surface area (Å²) in [5.41, 5.74) is 0. The molecule has 3 heteroatoms. The molecule has 1 aliphatic carbocycles. The van der Waals surface area contributed by atoms with E-state index in [0.717, 1.165) is 44.8 Å². The highest BCUT2D eigenvalue weighted by Gasteiger charge is 2.22. The van der Waals surface area contributed by atoms with Crippen LogP contribution >= 0.6 is 0 Å². The lowest BCUT2D eigenvalue weighted by Crippen LogP contribution is -2.39. The summed E-state index contributed by atoms with van der Waals surface area (Å²) in [6.07, 6.45) is 9.85. The largest absolute Gasteiger partial charge is 0.339 e. The van der Waals surface area contributed by atoms with Crippen LogP contribution in [0.1, 0.15) is 58.3 Å². The monoisotopic (exact) mass is 252 g/mol. The van der Waals surface area contributed by atoms with Crippen LogP contribution in [0, 0.1) is 5.92 Å². The van der Waals surface area contributed by atoms with Crippen molar-refractivity contribution in [3.8, 4) is 0 Å². The van der Waals surface area contributed by atoms with Crippen molar-refractivity contribution in [1.29, 1.82) is 0 Å². The summed E-state index contributed by atoms with van der Waals surface area (Å²) in [6.45, 7) is 5.09. The minimum atomic E-state index is 0.386. The van der Waals surface area contributed by atoms with Crippen LogP contribution in [0.2, 0.25) is 0 Å². The zero-order valence-corrected chi connectivity index (χ0v) is 11.8. The number of nitrogens with one attached hydrogen (secondary N) is 1. The van der Waals surface area contributed by atoms with E-state index >= 15 is 0 Å². The van der Waals surface area contributed by atoms with Crippen molar-refractivity contribution in [2.24, 2.45) is 5.92 Å². The van der Waals surface area contributed by atoms with Crippen LogP contribution in [0.5, 0.6) is 0 Å². The molecule has 104 valence electrons. The number of carbonyl (C=O) groups is 1. The van der Waals surface area contributed by atoms with E-state index in [1.165, 1.54) is 32.1 Å². The third kappa shape index (κ3) is 3.98. The predicted molar refractivity (Wildman–Crippen MR) is 74.5 cm³/mol. The highest BCUT2D eigenvalue weighted by molar-refractivity contribution is 5.76. The SMILES string of the molecule is CC1CCNCCN1C(=O)CCC1CCCCC1. The van der Waals surface area contributed by atoms with E-state index in [2.05, 4.69) is 17.1 Å². The molecular weight excluding hydrogens is 224 g/mol. The van der Waals surface area contributed by atoms with E-state index in [-0.39, 0.29) is 0 Å². The van der Waals surface area contributed by atoms with Gasteiger partial charge in [0.05, 0.1) is 0 Å². The van der Waals surface area contributed by atoms with Crippen molar-refractivity contribution >= 4 is 5.91 Å². The van der Waals surface area contributed by atoms with Crippen molar-refractivity contribution in [3.05, 3.63) is 0 Å². The van der Waals surface area contributed by atoms with E-state index in [0.29, 0.717) is 11.9 Å². The minimum absolute atomic E-state index is 0.386. The van der Waals surface area contributed by atoms with Crippen LogP contribution in [-0.4, -0.2) is 36.5 Å². The van der Waals surface area contributed by atoms with Crippen molar-refractivity contribution in [3.63, 3.8) is 0 Å². The molecular formula is C15H28N2O. The van der Waals surface area contributed by atoms with Gasteiger partial charge in [0.1, 0.15) is 0 Å². The molecule has 0 aromatic carbocycles. The normalized spacial score (nSPS) is 26.9. The molecule has 0 aromatic heterocycles. The van der Waals surface area contributed by atoms with Crippen LogP contribution in [0.4, 0.5) is 0 Å². The molecule has 1 saturated heterocycles. The maximum atomic E-state index is 12.3. The summed E-state index contributed by atoms with van der Waals surface area (Å²) in [5, 5.41) is 3.37. The molecule has 18 heavy (non-hydrogen) atoms. The van der Waals surface area contributed by atoms with Crippen LogP contribution < -0.4 is 5.32 Å². The van der Waals surface area contributed by atoms with E-state index < -0.39 is 0 Å². The van der Waals surface area contributed by atoms with Gasteiger partial charge in [-0.1, -0.05) is 32.1 Å². The summed E-state index contributed by atoms with van der Waals surface area (Å²) in [5.74, 6) is 1.21. The lowest BCUT2D eigenvalue weighted by atomic mass is 9.86. The van der Waals surface area contributed by atoms with Gasteiger partial charge in [-0.3, -0.25) is 4.79 Å². The first-order valence-electron chi connectivity index (χ1n) is 7.77. The van der Waals surface area contributed by atoms with Gasteiger partial charge in [-0.25, -0.2) is 0 Å². The average Bonchev–Trinajstić information content (AvgIpc) is 2.62. The Balaban J connectivity index is 1.75. The van der Waals surface area contributed by atoms with Crippen molar-refractivity contribution in [2.45, 2.75) is 64.3 Å². The Morgan fingerprint density at radius 2 is 1.94 bits per heavy atom. The van der Waals surface area contributed by atoms with E-state index in [9.17, 15) is 4.79 Å². The number of hydrogen-bond donors (Lipinski definition) is 1. The smallest absolute Gasteiger partial charge is 0.222 e. The van der Waals surface area contributed by atoms with Crippen LogP contribution in [0.25, 0.3) is 0 Å². The molecule has 0 spiro atoms. The summed E-state index contributed by atoms with van der Waals surface area (Å²) in [4.78, 5) is 14.4. The van der Waals surface area contributed by atoms with Gasteiger partial charge in [-0.15, -0.1) is 0 Å². The van der Waals surface area contributed by atoms with Gasteiger partial charge in [-0.05, 0) is 32.2 Å². The molecule has 1 atom stereocenters. The zero-order chi connectivity index (χ0) is 12.8. The molecule has 1 aliphatic heterocycles. The second-order valence-electron chi connectivity index (χ2n) is 6.02. The maximum Gasteiger partial charge on any atom is 0.222 e. The first kappa shape index (κ1) is 13.9. The number of rotatable bonds is 3. The fourth-order valence-electron chi connectivity index (χ4n) is 3.33. The second-order valence-corrected chi connectivity index (χ2v) is 6.02. The van der Waals surface area contributed by atoms with Gasteiger partial charge in [0, 0.05) is 25.6 Å². The fraction of sp³-hybridized carbons (Fsp3) is 0.933. The molecule has 1 unspecified atom stereocenters. The van der Waals surface area contributed by atoms with Crippen LogP contribution in [0.3, 0.4) is 0 Å². The fourth-order valence-corrected chi connectivity index (χ4v) is 3.33. The van der Waals surface area contributed by atoms with Crippen molar-refractivity contribution in [2.75, 3.05) is 19.6 Å². The lowest BCUT2D eigenvalue weighted by molar-refractivity contribution is -0.133. The third-order valence-corrected chi connectivity index (χ3v) is 4.61. The van der Waals surface area contributed by atoms with Gasteiger partial charge in [0.15, 0.2) is 0 Å². The highest BCUT2D eigenvalue weighted by Crippen LogP contribution is 2.27. The van der Waals surface area contributed by atoms with Gasteiger partial charge in [0.2, 0.25) is 5.91 Å². The summed E-state index contributed by atoms with van der Waals surface area (Å²) >= 11 is 0. The predicted octanol–water partition coefficient (Wildman–Crippen LogP) is 2.56. The number of nitrogens with zero attached hydrogens (tertiary/aromatic N) is 1. The van der Waals surface area contributed by atoms with E-state index in [1.54, 1.807) is 0 Å². The molecule has 2 fully saturated rings. The zero-order valence-electron chi connectivity index (χ0n) is 11.8. The number of hydrogen-bond acceptors (Lipinski definition) is 2. The Bertz CT molecular complexity index is 261. The Morgan fingerprint density at radius 3 is 2.72 bits per heavy atom. The molecule has 0 radical (unpaired) electrons. The molecule has 2 aliphatic rings. The molecule has 1 N–H and O–H groups in total. The maximum absolute atomic E-state index is 12.3. The summed E-state index contributed by atoms with van der Waals surface area (Å²) in [7, 11) is 0. The quantitative estimate of drug-likeness (QED) is 0.837. The molecule has 3 nitrogen and oxygen atoms in total. The van der Waals surface area contributed by atoms with E-state index in [4.69, 9.17) is 0 Å². The molecule has 1 amide bonds. The Hall–Kier alpha value is -0.570. The molecule has 0 aromatic rings. The minimum Gasteiger partial charge on any atom is -0.339 e. The first-order chi connectivity index (χ1) is 8.77. The summed E-state index contributed by atoms with van der Waals surface area (Å²) in [6, 6.07) is 0.416. The van der Waals surface area contributed by atoms with Crippen molar-refractivity contribution in [1.82, 2.24) is 10.2 Å². The number of carbonyl (C=O) groups excluding carboxylic acids is 1. The Kier molecular flexibility index (Phi) is 5.48. The standard InChI is InChI=1S/C15H28N2O/c1-13-9-10-16-11-12-17(13)15(18)8-7-14-5-3-2-4-6-14/h13-14,16H,2-12H2,1H3. The average molecular weight is 252 g/mol. The lowest BCUT2D eigenvalue weighted by Gasteiger charge is -2.28.